The molecule has 1 atom stereocenters. The van der Waals surface area contributed by atoms with Crippen molar-refractivity contribution >= 4 is 11.6 Å². The second-order valence-corrected chi connectivity index (χ2v) is 6.36. The van der Waals surface area contributed by atoms with E-state index < -0.39 is 0 Å². The predicted octanol–water partition coefficient (Wildman–Crippen LogP) is 3.45. The summed E-state index contributed by atoms with van der Waals surface area (Å²) >= 11 is 0. The van der Waals surface area contributed by atoms with E-state index in [1.807, 2.05) is 36.4 Å². The Morgan fingerprint density at radius 2 is 1.64 bits per heavy atom. The van der Waals surface area contributed by atoms with Crippen LogP contribution in [0.15, 0.2) is 53.8 Å². The van der Waals surface area contributed by atoms with Crippen LogP contribution in [0.3, 0.4) is 0 Å². The molecule has 0 aromatic heterocycles. The number of piperazine rings is 1. The molecule has 1 saturated heterocycles. The van der Waals surface area contributed by atoms with Gasteiger partial charge in [-0.05, 0) is 28.3 Å². The number of nitroso groups, excluding NO2 is 1. The summed E-state index contributed by atoms with van der Waals surface area (Å²) < 4.78 is 0. The number of hydrogen-bond acceptors (Lipinski definition) is 4. The predicted molar refractivity (Wildman–Crippen MR) is 97.2 cm³/mol. The van der Waals surface area contributed by atoms with Gasteiger partial charge in [0.1, 0.15) is 0 Å². The van der Waals surface area contributed by atoms with Gasteiger partial charge < -0.3 is 0 Å². The second kappa shape index (κ2) is 6.50. The fourth-order valence-corrected chi connectivity index (χ4v) is 3.81. The third kappa shape index (κ3) is 2.71. The van der Waals surface area contributed by atoms with Crippen LogP contribution in [0.5, 0.6) is 0 Å². The highest BCUT2D eigenvalue weighted by Crippen LogP contribution is 2.39. The van der Waals surface area contributed by atoms with Gasteiger partial charge in [0.15, 0.2) is 0 Å². The van der Waals surface area contributed by atoms with Crippen LogP contribution >= 0.6 is 0 Å². The number of benzene rings is 2. The molecule has 0 spiro atoms. The van der Waals surface area contributed by atoms with Crippen LogP contribution in [0.4, 0.5) is 0 Å². The molecule has 2 aliphatic rings. The lowest BCUT2D eigenvalue weighted by Crippen LogP contribution is -2.45. The van der Waals surface area contributed by atoms with Crippen LogP contribution in [-0.2, 0) is 0 Å². The molecule has 5 heteroatoms. The molecule has 0 radical (unpaired) electrons. The zero-order chi connectivity index (χ0) is 17.2. The summed E-state index contributed by atoms with van der Waals surface area (Å²) in [4.78, 5) is 13.2. The third-order valence-corrected chi connectivity index (χ3v) is 5.03. The van der Waals surface area contributed by atoms with Gasteiger partial charge in [0, 0.05) is 13.1 Å². The third-order valence-electron chi connectivity index (χ3n) is 5.03. The smallest absolute Gasteiger partial charge is 0.0998 e. The average molecular weight is 330 g/mol. The summed E-state index contributed by atoms with van der Waals surface area (Å²) in [5.74, 6) is 0. The lowest BCUT2D eigenvalue weighted by Gasteiger charge is -2.38. The number of rotatable bonds is 2. The summed E-state index contributed by atoms with van der Waals surface area (Å²) in [6.07, 6.45) is 1.98. The first-order chi connectivity index (χ1) is 12.3. The lowest BCUT2D eigenvalue weighted by molar-refractivity contribution is 0.111. The summed E-state index contributed by atoms with van der Waals surface area (Å²) in [7, 11) is 0. The van der Waals surface area contributed by atoms with E-state index in [0.29, 0.717) is 18.7 Å². The summed E-state index contributed by atoms with van der Waals surface area (Å²) in [5, 5.41) is 14.3. The zero-order valence-corrected chi connectivity index (χ0v) is 13.8. The first kappa shape index (κ1) is 15.6. The van der Waals surface area contributed by atoms with Crippen molar-refractivity contribution in [1.29, 1.82) is 5.26 Å². The number of nitriles is 1. The van der Waals surface area contributed by atoms with E-state index in [1.165, 1.54) is 5.56 Å². The quantitative estimate of drug-likeness (QED) is 0.791. The van der Waals surface area contributed by atoms with Crippen molar-refractivity contribution in [3.05, 3.63) is 75.7 Å². The topological polar surface area (TPSA) is 59.7 Å². The van der Waals surface area contributed by atoms with Gasteiger partial charge in [0.2, 0.25) is 0 Å². The maximum Gasteiger partial charge on any atom is 0.0998 e. The standard InChI is InChI=1S/C20H18N4O/c21-14-16-13-15-5-1-2-7-18(15)20(19-8-4-3-6-17(16)19)23-9-11-24(22-25)12-10-23/h1-8,13,20H,9-12H2/t20-/m1/s1. The summed E-state index contributed by atoms with van der Waals surface area (Å²) in [6, 6.07) is 18.8. The van der Waals surface area contributed by atoms with E-state index in [4.69, 9.17) is 0 Å². The van der Waals surface area contributed by atoms with E-state index in [0.717, 1.165) is 29.8 Å². The number of nitrogens with zero attached hydrogens (tertiary/aromatic N) is 4. The van der Waals surface area contributed by atoms with Crippen molar-refractivity contribution in [3.8, 4) is 6.07 Å². The Labute approximate surface area is 146 Å². The first-order valence-electron chi connectivity index (χ1n) is 8.44. The Bertz CT molecular complexity index is 875. The monoisotopic (exact) mass is 330 g/mol. The Hall–Kier alpha value is -2.97. The minimum absolute atomic E-state index is 0.0725. The van der Waals surface area contributed by atoms with E-state index in [-0.39, 0.29) is 6.04 Å². The van der Waals surface area contributed by atoms with E-state index in [2.05, 4.69) is 34.5 Å². The minimum atomic E-state index is 0.0725. The van der Waals surface area contributed by atoms with Crippen LogP contribution < -0.4 is 0 Å². The SMILES string of the molecule is N#CC1=Cc2ccccc2[C@@H](N2CCN(N=O)CC2)c2ccccc21. The molecule has 1 aliphatic heterocycles. The van der Waals surface area contributed by atoms with Gasteiger partial charge in [0.25, 0.3) is 0 Å². The highest BCUT2D eigenvalue weighted by molar-refractivity contribution is 5.93. The molecule has 0 unspecified atom stereocenters. The fourth-order valence-electron chi connectivity index (χ4n) is 3.81. The maximum atomic E-state index is 10.8. The Morgan fingerprint density at radius 1 is 0.960 bits per heavy atom. The summed E-state index contributed by atoms with van der Waals surface area (Å²) in [5.41, 5.74) is 5.11. The van der Waals surface area contributed by atoms with Gasteiger partial charge in [-0.3, -0.25) is 9.91 Å². The molecule has 124 valence electrons. The van der Waals surface area contributed by atoms with Crippen molar-refractivity contribution in [1.82, 2.24) is 9.91 Å². The first-order valence-corrected chi connectivity index (χ1v) is 8.44. The molecule has 1 fully saturated rings. The molecule has 2 aromatic rings. The molecule has 0 amide bonds. The molecular weight excluding hydrogens is 312 g/mol. The second-order valence-electron chi connectivity index (χ2n) is 6.36. The fraction of sp³-hybridized carbons (Fsp3) is 0.250. The van der Waals surface area contributed by atoms with Crippen molar-refractivity contribution in [2.24, 2.45) is 5.29 Å². The van der Waals surface area contributed by atoms with Crippen molar-refractivity contribution < 1.29 is 0 Å². The van der Waals surface area contributed by atoms with E-state index in [9.17, 15) is 10.2 Å². The largest absolute Gasteiger partial charge is 0.289 e. The van der Waals surface area contributed by atoms with Gasteiger partial charge in [-0.25, -0.2) is 0 Å². The van der Waals surface area contributed by atoms with Gasteiger partial charge >= 0.3 is 0 Å². The molecule has 1 aliphatic carbocycles. The van der Waals surface area contributed by atoms with Crippen LogP contribution in [0, 0.1) is 16.2 Å². The van der Waals surface area contributed by atoms with Crippen LogP contribution in [-0.4, -0.2) is 36.1 Å². The molecule has 4 rings (SSSR count). The van der Waals surface area contributed by atoms with Crippen molar-refractivity contribution in [2.75, 3.05) is 26.2 Å². The average Bonchev–Trinajstić information content (AvgIpc) is 2.82. The number of fused-ring (bicyclic) bond motifs is 2. The minimum Gasteiger partial charge on any atom is -0.289 e. The maximum absolute atomic E-state index is 10.8. The van der Waals surface area contributed by atoms with Crippen LogP contribution in [0.25, 0.3) is 11.6 Å². The summed E-state index contributed by atoms with van der Waals surface area (Å²) in [6.45, 7) is 2.79. The molecule has 0 saturated carbocycles. The number of hydrogen-bond donors (Lipinski definition) is 0. The lowest BCUT2D eigenvalue weighted by atomic mass is 9.91. The van der Waals surface area contributed by atoms with Gasteiger partial charge in [-0.15, -0.1) is 4.91 Å². The molecule has 25 heavy (non-hydrogen) atoms. The Balaban J connectivity index is 1.85. The number of allylic oxidation sites excluding steroid dienone is 1. The molecule has 0 bridgehead atoms. The van der Waals surface area contributed by atoms with E-state index in [1.54, 1.807) is 5.01 Å². The van der Waals surface area contributed by atoms with Gasteiger partial charge in [0.05, 0.1) is 36.1 Å². The van der Waals surface area contributed by atoms with Gasteiger partial charge in [-0.2, -0.15) is 5.26 Å². The Morgan fingerprint density at radius 3 is 2.36 bits per heavy atom. The molecular formula is C20H18N4O. The van der Waals surface area contributed by atoms with Gasteiger partial charge in [-0.1, -0.05) is 48.5 Å². The Kier molecular flexibility index (Phi) is 4.04. The molecule has 2 aromatic carbocycles. The van der Waals surface area contributed by atoms with Crippen LogP contribution in [0.2, 0.25) is 0 Å². The highest BCUT2D eigenvalue weighted by Gasteiger charge is 2.31. The van der Waals surface area contributed by atoms with Crippen molar-refractivity contribution in [3.63, 3.8) is 0 Å². The van der Waals surface area contributed by atoms with E-state index >= 15 is 0 Å². The highest BCUT2D eigenvalue weighted by atomic mass is 16.3. The molecule has 1 heterocycles. The van der Waals surface area contributed by atoms with Crippen molar-refractivity contribution in [2.45, 2.75) is 6.04 Å². The normalized spacial score (nSPS) is 19.9. The zero-order valence-electron chi connectivity index (χ0n) is 13.8. The molecule has 5 nitrogen and oxygen atoms in total. The van der Waals surface area contributed by atoms with Crippen LogP contribution in [0.1, 0.15) is 28.3 Å². The molecule has 0 N–H and O–H groups in total.